The molecule has 1 N–H and O–H groups in total. The molecule has 1 aliphatic heterocycles. The molecule has 1 aromatic carbocycles. The summed E-state index contributed by atoms with van der Waals surface area (Å²) >= 11 is 0. The number of carbonyl (C=O) groups excluding carboxylic acids is 1. The second-order valence-electron chi connectivity index (χ2n) is 8.13. The van der Waals surface area contributed by atoms with E-state index in [1.165, 1.54) is 25.7 Å². The number of hydrogen-bond donors (Lipinski definition) is 1. The summed E-state index contributed by atoms with van der Waals surface area (Å²) in [6.07, 6.45) is 9.21. The lowest BCUT2D eigenvalue weighted by Crippen LogP contribution is -2.43. The van der Waals surface area contributed by atoms with Gasteiger partial charge in [0, 0.05) is 17.5 Å². The molecular weight excluding hydrogens is 352 g/mol. The molecule has 0 atom stereocenters. The first-order chi connectivity index (χ1) is 13.8. The number of likely N-dealkylation sites (tertiary alicyclic amines) is 1. The number of rotatable bonds is 5. The van der Waals surface area contributed by atoms with Gasteiger partial charge in [0.15, 0.2) is 0 Å². The summed E-state index contributed by atoms with van der Waals surface area (Å²) in [6, 6.07) is 10.3. The van der Waals surface area contributed by atoms with Crippen LogP contribution >= 0.6 is 0 Å². The molecule has 1 amide bonds. The quantitative estimate of drug-likeness (QED) is 0.797. The minimum Gasteiger partial charge on any atom is -0.353 e. The van der Waals surface area contributed by atoms with Crippen LogP contribution in [0, 0.1) is 5.92 Å². The van der Waals surface area contributed by atoms with Crippen molar-refractivity contribution in [1.29, 1.82) is 0 Å². The standard InChI is InChI=1S/C22H30N4O2/c27-22(23-19-10-6-1-2-7-11-19)18-12-14-26(15-13-18)16-20-24-21(25-28-20)17-8-4-3-5-9-17/h3-5,8-9,18-19H,1-2,6-7,10-16H2,(H,23,27). The Kier molecular flexibility index (Phi) is 6.37. The number of nitrogens with one attached hydrogen (secondary N) is 1. The maximum atomic E-state index is 12.6. The van der Waals surface area contributed by atoms with Crippen LogP contribution in [0.25, 0.3) is 11.4 Å². The zero-order valence-corrected chi connectivity index (χ0v) is 16.5. The van der Waals surface area contributed by atoms with Gasteiger partial charge < -0.3 is 9.84 Å². The molecule has 2 aromatic rings. The van der Waals surface area contributed by atoms with Gasteiger partial charge in [0.05, 0.1) is 6.54 Å². The minimum atomic E-state index is 0.141. The van der Waals surface area contributed by atoms with Crippen LogP contribution < -0.4 is 5.32 Å². The Bertz CT molecular complexity index is 745. The van der Waals surface area contributed by atoms with Crippen LogP contribution in [0.1, 0.15) is 57.3 Å². The summed E-state index contributed by atoms with van der Waals surface area (Å²) < 4.78 is 5.43. The lowest BCUT2D eigenvalue weighted by molar-refractivity contribution is -0.127. The Morgan fingerprint density at radius 1 is 1.04 bits per heavy atom. The van der Waals surface area contributed by atoms with Gasteiger partial charge in [-0.1, -0.05) is 61.2 Å². The average molecular weight is 383 g/mol. The highest BCUT2D eigenvalue weighted by molar-refractivity contribution is 5.79. The molecule has 1 saturated heterocycles. The van der Waals surface area contributed by atoms with Gasteiger partial charge in [0.1, 0.15) is 0 Å². The third-order valence-corrected chi connectivity index (χ3v) is 6.02. The Morgan fingerprint density at radius 3 is 2.46 bits per heavy atom. The highest BCUT2D eigenvalue weighted by atomic mass is 16.5. The fourth-order valence-electron chi connectivity index (χ4n) is 4.31. The van der Waals surface area contributed by atoms with Crippen LogP contribution in [-0.2, 0) is 11.3 Å². The minimum absolute atomic E-state index is 0.141. The van der Waals surface area contributed by atoms with Crippen LogP contribution in [0.15, 0.2) is 34.9 Å². The SMILES string of the molecule is O=C(NC1CCCCCC1)C1CCN(Cc2nc(-c3ccccc3)no2)CC1. The van der Waals surface area contributed by atoms with E-state index in [1.54, 1.807) is 0 Å². The van der Waals surface area contributed by atoms with E-state index in [2.05, 4.69) is 20.4 Å². The molecule has 2 fully saturated rings. The molecule has 2 aliphatic rings. The van der Waals surface area contributed by atoms with E-state index in [1.807, 2.05) is 30.3 Å². The molecule has 1 aromatic heterocycles. The number of piperidine rings is 1. The Morgan fingerprint density at radius 2 is 1.75 bits per heavy atom. The van der Waals surface area contributed by atoms with Crippen molar-refractivity contribution in [3.05, 3.63) is 36.2 Å². The van der Waals surface area contributed by atoms with E-state index in [4.69, 9.17) is 4.52 Å². The summed E-state index contributed by atoms with van der Waals surface area (Å²) in [5.74, 6) is 1.67. The van der Waals surface area contributed by atoms with Crippen molar-refractivity contribution in [2.24, 2.45) is 5.92 Å². The van der Waals surface area contributed by atoms with Crippen LogP contribution in [0.3, 0.4) is 0 Å². The van der Waals surface area contributed by atoms with Crippen LogP contribution in [-0.4, -0.2) is 40.1 Å². The Balaban J connectivity index is 1.24. The fraction of sp³-hybridized carbons (Fsp3) is 0.591. The van der Waals surface area contributed by atoms with Gasteiger partial charge in [0.25, 0.3) is 0 Å². The van der Waals surface area contributed by atoms with E-state index in [9.17, 15) is 4.79 Å². The van der Waals surface area contributed by atoms with Crippen molar-refractivity contribution in [1.82, 2.24) is 20.4 Å². The number of amides is 1. The number of aromatic nitrogens is 2. The first-order valence-corrected chi connectivity index (χ1v) is 10.7. The summed E-state index contributed by atoms with van der Waals surface area (Å²) in [5, 5.41) is 7.41. The van der Waals surface area contributed by atoms with Crippen molar-refractivity contribution in [2.45, 2.75) is 64.0 Å². The lowest BCUT2D eigenvalue weighted by Gasteiger charge is -2.31. The highest BCUT2D eigenvalue weighted by Gasteiger charge is 2.27. The molecule has 6 heteroatoms. The van der Waals surface area contributed by atoms with E-state index < -0.39 is 0 Å². The zero-order valence-electron chi connectivity index (χ0n) is 16.5. The van der Waals surface area contributed by atoms with Crippen LogP contribution in [0.5, 0.6) is 0 Å². The van der Waals surface area contributed by atoms with Crippen molar-refractivity contribution >= 4 is 5.91 Å². The Hall–Kier alpha value is -2.21. The largest absolute Gasteiger partial charge is 0.353 e. The van der Waals surface area contributed by atoms with E-state index in [0.717, 1.165) is 44.3 Å². The predicted molar refractivity (Wildman–Crippen MR) is 107 cm³/mol. The molecule has 1 aliphatic carbocycles. The van der Waals surface area contributed by atoms with Crippen LogP contribution in [0.2, 0.25) is 0 Å². The lowest BCUT2D eigenvalue weighted by atomic mass is 9.95. The molecule has 0 spiro atoms. The smallest absolute Gasteiger partial charge is 0.241 e. The fourth-order valence-corrected chi connectivity index (χ4v) is 4.31. The summed E-state index contributed by atoms with van der Waals surface area (Å²) in [6.45, 7) is 2.44. The number of carbonyl (C=O) groups is 1. The first kappa shape index (κ1) is 19.1. The van der Waals surface area contributed by atoms with Crippen LogP contribution in [0.4, 0.5) is 0 Å². The molecule has 2 heterocycles. The second-order valence-corrected chi connectivity index (χ2v) is 8.13. The predicted octanol–water partition coefficient (Wildman–Crippen LogP) is 3.79. The normalized spacial score (nSPS) is 20.0. The first-order valence-electron chi connectivity index (χ1n) is 10.7. The van der Waals surface area contributed by atoms with Gasteiger partial charge in [0.2, 0.25) is 17.6 Å². The third kappa shape index (κ3) is 4.98. The summed E-state index contributed by atoms with van der Waals surface area (Å²) in [5.41, 5.74) is 0.964. The van der Waals surface area contributed by atoms with Crippen molar-refractivity contribution in [3.8, 4) is 11.4 Å². The maximum Gasteiger partial charge on any atom is 0.241 e. The van der Waals surface area contributed by atoms with Gasteiger partial charge in [-0.05, 0) is 38.8 Å². The molecule has 6 nitrogen and oxygen atoms in total. The molecule has 0 bridgehead atoms. The topological polar surface area (TPSA) is 71.3 Å². The summed E-state index contributed by atoms with van der Waals surface area (Å²) in [4.78, 5) is 19.5. The molecule has 1 saturated carbocycles. The maximum absolute atomic E-state index is 12.6. The zero-order chi connectivity index (χ0) is 19.2. The van der Waals surface area contributed by atoms with Gasteiger partial charge in [-0.25, -0.2) is 0 Å². The van der Waals surface area contributed by atoms with Gasteiger partial charge in [-0.15, -0.1) is 0 Å². The molecular formula is C22H30N4O2. The van der Waals surface area contributed by atoms with Gasteiger partial charge in [-0.3, -0.25) is 9.69 Å². The summed E-state index contributed by atoms with van der Waals surface area (Å²) in [7, 11) is 0. The average Bonchev–Trinajstić information content (AvgIpc) is 3.05. The number of nitrogens with zero attached hydrogens (tertiary/aromatic N) is 3. The number of hydrogen-bond acceptors (Lipinski definition) is 5. The molecule has 4 rings (SSSR count). The molecule has 150 valence electrons. The molecule has 28 heavy (non-hydrogen) atoms. The van der Waals surface area contributed by atoms with Crippen molar-refractivity contribution in [2.75, 3.05) is 13.1 Å². The van der Waals surface area contributed by atoms with Crippen molar-refractivity contribution in [3.63, 3.8) is 0 Å². The highest BCUT2D eigenvalue weighted by Crippen LogP contribution is 2.22. The molecule has 0 unspecified atom stereocenters. The second kappa shape index (κ2) is 9.32. The van der Waals surface area contributed by atoms with E-state index in [0.29, 0.717) is 24.3 Å². The Labute approximate surface area is 166 Å². The third-order valence-electron chi connectivity index (χ3n) is 6.02. The van der Waals surface area contributed by atoms with E-state index >= 15 is 0 Å². The van der Waals surface area contributed by atoms with Gasteiger partial charge in [-0.2, -0.15) is 4.98 Å². The molecule has 0 radical (unpaired) electrons. The van der Waals surface area contributed by atoms with E-state index in [-0.39, 0.29) is 11.8 Å². The van der Waals surface area contributed by atoms with Gasteiger partial charge >= 0.3 is 0 Å². The van der Waals surface area contributed by atoms with Crippen molar-refractivity contribution < 1.29 is 9.32 Å². The monoisotopic (exact) mass is 382 g/mol. The number of benzene rings is 1.